The van der Waals surface area contributed by atoms with Gasteiger partial charge in [-0.25, -0.2) is 0 Å². The van der Waals surface area contributed by atoms with Crippen LogP contribution in [0.5, 0.6) is 0 Å². The molecular formula is C67H67Cl3N12O7S3. The molecule has 12 rings (SSSR count). The molecule has 0 saturated carbocycles. The number of aryl methyl sites for hydroxylation is 3. The van der Waals surface area contributed by atoms with E-state index in [0.717, 1.165) is 75.0 Å². The molecule has 3 atom stereocenters. The monoisotopic (exact) mass is 1350 g/mol. The SMILES string of the molecule is COCc1nnc2n1-c1sc(CCC(C)(C)OC(=O)C[C@@H]3N=C(c4ccc(Cl)cc4)c4c(sc(CCC(C)(C)OC(=O)C[C@@H]5N=C(c6ccc(Cl)cc6)c6ccsc6-n6c(C)nnc65)c4C)-n4cnnc43)c(C)c1C(c1ccc(Cl)cc1)=N[C@H]2CC(=O)OC(C)(C)C. The first kappa shape index (κ1) is 64.5. The van der Waals surface area contributed by atoms with Gasteiger partial charge in [-0.1, -0.05) is 71.2 Å². The van der Waals surface area contributed by atoms with E-state index in [0.29, 0.717) is 81.3 Å². The van der Waals surface area contributed by atoms with Crippen LogP contribution in [-0.2, 0) is 52.8 Å². The van der Waals surface area contributed by atoms with Gasteiger partial charge in [-0.15, -0.1) is 64.6 Å². The number of aliphatic imine (C=N–C) groups is 3. The third-order valence-electron chi connectivity index (χ3n) is 16.2. The number of nitrogens with zero attached hydrogens (tertiary/aromatic N) is 12. The van der Waals surface area contributed by atoms with Crippen molar-refractivity contribution >= 4 is 104 Å². The number of thiophene rings is 3. The van der Waals surface area contributed by atoms with Crippen molar-refractivity contribution in [1.82, 2.24) is 44.3 Å². The smallest absolute Gasteiger partial charge is 0.308 e. The number of carbonyl (C=O) groups is 3. The average Bonchev–Trinajstić information content (AvgIpc) is 1.61. The first-order valence-corrected chi connectivity index (χ1v) is 33.7. The van der Waals surface area contributed by atoms with Crippen LogP contribution in [0.25, 0.3) is 15.0 Å². The summed E-state index contributed by atoms with van der Waals surface area (Å²) in [6, 6.07) is 22.3. The molecule has 0 bridgehead atoms. The molecule has 6 aromatic heterocycles. The van der Waals surface area contributed by atoms with Gasteiger partial charge in [-0.05, 0) is 154 Å². The molecule has 9 aromatic rings. The largest absolute Gasteiger partial charge is 0.460 e. The van der Waals surface area contributed by atoms with E-state index in [1.165, 1.54) is 0 Å². The maximum absolute atomic E-state index is 14.5. The van der Waals surface area contributed by atoms with Gasteiger partial charge in [0.15, 0.2) is 23.3 Å². The molecule has 0 saturated heterocycles. The molecule has 0 aliphatic carbocycles. The second-order valence-corrected chi connectivity index (χ2v) is 29.6. The average molecular weight is 1350 g/mol. The summed E-state index contributed by atoms with van der Waals surface area (Å²) < 4.78 is 30.1. The predicted molar refractivity (Wildman–Crippen MR) is 359 cm³/mol. The van der Waals surface area contributed by atoms with Crippen LogP contribution < -0.4 is 0 Å². The van der Waals surface area contributed by atoms with Crippen LogP contribution >= 0.6 is 68.8 Å². The molecular weight excluding hydrogens is 1290 g/mol. The van der Waals surface area contributed by atoms with Crippen LogP contribution in [0.15, 0.2) is 106 Å². The number of benzene rings is 3. The summed E-state index contributed by atoms with van der Waals surface area (Å²) in [5, 5.41) is 33.5. The van der Waals surface area contributed by atoms with Gasteiger partial charge >= 0.3 is 17.9 Å². The fourth-order valence-corrected chi connectivity index (χ4v) is 15.7. The number of ether oxygens (including phenoxy) is 4. The highest BCUT2D eigenvalue weighted by Crippen LogP contribution is 2.44. The number of halogens is 3. The number of aromatic nitrogens is 9. The zero-order valence-electron chi connectivity index (χ0n) is 52.6. The number of esters is 3. The summed E-state index contributed by atoms with van der Waals surface area (Å²) in [7, 11) is 1.60. The fourth-order valence-electron chi connectivity index (χ4n) is 11.8. The lowest BCUT2D eigenvalue weighted by Gasteiger charge is -2.26. The van der Waals surface area contributed by atoms with Crippen LogP contribution in [0.1, 0.15) is 182 Å². The van der Waals surface area contributed by atoms with Crippen LogP contribution in [0.4, 0.5) is 0 Å². The minimum atomic E-state index is -0.938. The first-order valence-electron chi connectivity index (χ1n) is 30.1. The third-order valence-corrected chi connectivity index (χ3v) is 20.5. The lowest BCUT2D eigenvalue weighted by atomic mass is 9.96. The summed E-state index contributed by atoms with van der Waals surface area (Å²) in [5.41, 5.74) is 6.62. The number of methoxy groups -OCH3 is 1. The van der Waals surface area contributed by atoms with E-state index in [1.807, 2.05) is 153 Å². The minimum Gasteiger partial charge on any atom is -0.460 e. The standard InChI is InChI=1S/C67H67Cl3N12O7S3/c1-35-48(24-27-66(7,8)89-53(85)32-46-60-78-75-37(3)81(60)62-44(26-29-90-62)56(72-46)38-12-18-41(68)19-13-38)91-63-54(35)57(39-14-20-42(69)21-15-39)73-45(59-77-71-34-80(59)63)30-52(84)88-67(9,10)28-25-49-36(2)55-58(40-16-22-43(70)23-17-40)74-47(31-51(83)87-65(4,5)6)61-79-76-50(33-86-11)82(61)64(55)92-49/h12-23,26,29,34,45-47H,24-25,27-28,30-33H2,1-11H3/t45-,46-,47-/m0/s1. The van der Waals surface area contributed by atoms with Gasteiger partial charge in [-0.3, -0.25) is 43.1 Å². The summed E-state index contributed by atoms with van der Waals surface area (Å²) >= 11 is 23.9. The van der Waals surface area contributed by atoms with Crippen molar-refractivity contribution in [3.8, 4) is 15.0 Å². The summed E-state index contributed by atoms with van der Waals surface area (Å²) in [5.74, 6) is 1.48. The molecule has 19 nitrogen and oxygen atoms in total. The van der Waals surface area contributed by atoms with Crippen LogP contribution in [-0.4, -0.2) is 103 Å². The Kier molecular flexibility index (Phi) is 18.0. The summed E-state index contributed by atoms with van der Waals surface area (Å²) in [6.45, 7) is 19.4. The quantitative estimate of drug-likeness (QED) is 0.0544. The Morgan fingerprint density at radius 1 is 0.533 bits per heavy atom. The maximum atomic E-state index is 14.5. The highest BCUT2D eigenvalue weighted by atomic mass is 35.5. The predicted octanol–water partition coefficient (Wildman–Crippen LogP) is 14.7. The van der Waals surface area contributed by atoms with E-state index in [2.05, 4.69) is 44.4 Å². The number of rotatable bonds is 19. The highest BCUT2D eigenvalue weighted by Gasteiger charge is 2.39. The highest BCUT2D eigenvalue weighted by molar-refractivity contribution is 7.15. The van der Waals surface area contributed by atoms with E-state index < -0.39 is 52.8 Å². The molecule has 0 fully saturated rings. The van der Waals surface area contributed by atoms with Crippen molar-refractivity contribution in [3.63, 3.8) is 0 Å². The van der Waals surface area contributed by atoms with Crippen molar-refractivity contribution in [3.05, 3.63) is 189 Å². The third kappa shape index (κ3) is 13.3. The molecule has 3 aliphatic rings. The molecule has 9 heterocycles. The Morgan fingerprint density at radius 2 is 0.989 bits per heavy atom. The topological polar surface area (TPSA) is 217 Å². The molecule has 476 valence electrons. The van der Waals surface area contributed by atoms with Crippen molar-refractivity contribution in [2.24, 2.45) is 15.0 Å². The van der Waals surface area contributed by atoms with E-state index in [-0.39, 0.29) is 25.9 Å². The number of hydrogen-bond acceptors (Lipinski definition) is 19. The van der Waals surface area contributed by atoms with Gasteiger partial charge in [0.25, 0.3) is 0 Å². The molecule has 25 heteroatoms. The fraction of sp³-hybridized carbons (Fsp3) is 0.373. The van der Waals surface area contributed by atoms with Crippen molar-refractivity contribution in [2.75, 3.05) is 7.11 Å². The maximum Gasteiger partial charge on any atom is 0.308 e. The van der Waals surface area contributed by atoms with E-state index in [9.17, 15) is 14.4 Å². The molecule has 0 amide bonds. The van der Waals surface area contributed by atoms with Gasteiger partial charge in [0.2, 0.25) is 0 Å². The van der Waals surface area contributed by atoms with E-state index in [4.69, 9.17) is 68.7 Å². The Bertz CT molecular complexity index is 4410. The van der Waals surface area contributed by atoms with Gasteiger partial charge in [0.1, 0.15) is 68.7 Å². The van der Waals surface area contributed by atoms with E-state index >= 15 is 0 Å². The lowest BCUT2D eigenvalue weighted by molar-refractivity contribution is -0.158. The molecule has 0 N–H and O–H groups in total. The van der Waals surface area contributed by atoms with Gasteiger partial charge in [-0.2, -0.15) is 0 Å². The lowest BCUT2D eigenvalue weighted by Crippen LogP contribution is -2.29. The molecule has 3 aromatic carbocycles. The Morgan fingerprint density at radius 3 is 1.51 bits per heavy atom. The van der Waals surface area contributed by atoms with Crippen molar-refractivity contribution in [1.29, 1.82) is 0 Å². The minimum absolute atomic E-state index is 0.0611. The Balaban J connectivity index is 0.773. The first-order chi connectivity index (χ1) is 43.8. The van der Waals surface area contributed by atoms with E-state index in [1.54, 1.807) is 47.4 Å². The molecule has 0 spiro atoms. The van der Waals surface area contributed by atoms with Gasteiger partial charge in [0.05, 0.1) is 36.4 Å². The zero-order chi connectivity index (χ0) is 65.1. The second kappa shape index (κ2) is 25.7. The molecule has 0 unspecified atom stereocenters. The summed E-state index contributed by atoms with van der Waals surface area (Å²) in [4.78, 5) is 60.2. The molecule has 0 radical (unpaired) electrons. The second-order valence-electron chi connectivity index (χ2n) is 25.2. The van der Waals surface area contributed by atoms with Crippen molar-refractivity contribution in [2.45, 2.75) is 156 Å². The van der Waals surface area contributed by atoms with Crippen molar-refractivity contribution < 1.29 is 33.3 Å². The summed E-state index contributed by atoms with van der Waals surface area (Å²) in [6.07, 6.45) is 3.46. The number of carbonyl (C=O) groups excluding carboxylic acids is 3. The van der Waals surface area contributed by atoms with Crippen LogP contribution in [0.2, 0.25) is 15.1 Å². The number of fused-ring (bicyclic) bond motifs is 9. The van der Waals surface area contributed by atoms with Crippen LogP contribution in [0.3, 0.4) is 0 Å². The molecule has 92 heavy (non-hydrogen) atoms. The molecule has 3 aliphatic heterocycles. The van der Waals surface area contributed by atoms with Gasteiger partial charge in [0, 0.05) is 65.3 Å². The normalized spacial score (nSPS) is 16.1. The Hall–Kier alpha value is -7.57. The van der Waals surface area contributed by atoms with Crippen LogP contribution in [0, 0.1) is 20.8 Å². The number of hydrogen-bond donors (Lipinski definition) is 0. The van der Waals surface area contributed by atoms with Gasteiger partial charge < -0.3 is 18.9 Å². The Labute approximate surface area is 559 Å². The zero-order valence-corrected chi connectivity index (χ0v) is 57.3.